The highest BCUT2D eigenvalue weighted by atomic mass is 16.5. The van der Waals surface area contributed by atoms with E-state index in [1.54, 1.807) is 0 Å². The Balaban J connectivity index is 2.25. The smallest absolute Gasteiger partial charge is 0.244 e. The van der Waals surface area contributed by atoms with Gasteiger partial charge in [-0.05, 0) is 26.8 Å². The summed E-state index contributed by atoms with van der Waals surface area (Å²) in [5, 5.41) is 16.7. The number of benzene rings is 1. The Bertz CT molecular complexity index is 864. The number of nitriles is 1. The number of nitrogens with two attached hydrogens (primary N) is 1. The average Bonchev–Trinajstić information content (AvgIpc) is 2.96. The molecule has 1 aliphatic heterocycles. The Morgan fingerprint density at radius 2 is 2.08 bits per heavy atom. The van der Waals surface area contributed by atoms with E-state index in [9.17, 15) is 5.26 Å². The van der Waals surface area contributed by atoms with Gasteiger partial charge in [0.15, 0.2) is 11.5 Å². The molecule has 7 heteroatoms. The van der Waals surface area contributed by atoms with E-state index in [-0.39, 0.29) is 5.88 Å². The minimum atomic E-state index is -0.436. The number of aromatic nitrogens is 2. The van der Waals surface area contributed by atoms with Gasteiger partial charge in [-0.25, -0.2) is 0 Å². The van der Waals surface area contributed by atoms with Crippen LogP contribution in [0.5, 0.6) is 17.4 Å². The average molecular weight is 340 g/mol. The van der Waals surface area contributed by atoms with Gasteiger partial charge in [0.25, 0.3) is 0 Å². The number of aryl methyl sites for hydroxylation is 1. The lowest BCUT2D eigenvalue weighted by atomic mass is 9.83. The van der Waals surface area contributed by atoms with Crippen LogP contribution in [0.2, 0.25) is 0 Å². The van der Waals surface area contributed by atoms with Crippen LogP contribution >= 0.6 is 0 Å². The summed E-state index contributed by atoms with van der Waals surface area (Å²) in [4.78, 5) is 0. The van der Waals surface area contributed by atoms with Crippen molar-refractivity contribution in [3.8, 4) is 23.4 Å². The van der Waals surface area contributed by atoms with E-state index in [0.29, 0.717) is 36.2 Å². The van der Waals surface area contributed by atoms with E-state index >= 15 is 0 Å². The van der Waals surface area contributed by atoms with Crippen molar-refractivity contribution in [2.45, 2.75) is 26.7 Å². The summed E-state index contributed by atoms with van der Waals surface area (Å²) >= 11 is 0. The predicted molar refractivity (Wildman–Crippen MR) is 91.4 cm³/mol. The molecule has 0 spiro atoms. The highest BCUT2D eigenvalue weighted by Crippen LogP contribution is 2.47. The minimum absolute atomic E-state index is 0.0516. The summed E-state index contributed by atoms with van der Waals surface area (Å²) in [6, 6.07) is 7.80. The quantitative estimate of drug-likeness (QED) is 0.867. The fraction of sp³-hybridized carbons (Fsp3) is 0.333. The molecule has 7 nitrogen and oxygen atoms in total. The molecule has 0 saturated heterocycles. The number of nitrogens with one attached hydrogen (secondary N) is 1. The number of rotatable bonds is 5. The molecule has 2 heterocycles. The van der Waals surface area contributed by atoms with E-state index in [1.165, 1.54) is 0 Å². The number of ether oxygens (including phenoxy) is 3. The Kier molecular flexibility index (Phi) is 4.52. The first-order valence-electron chi connectivity index (χ1n) is 8.13. The maximum Gasteiger partial charge on any atom is 0.244 e. The molecule has 0 fully saturated rings. The van der Waals surface area contributed by atoms with Crippen molar-refractivity contribution < 1.29 is 14.2 Å². The molecule has 3 N–H and O–H groups in total. The lowest BCUT2D eigenvalue weighted by molar-refractivity contribution is 0.284. The minimum Gasteiger partial charge on any atom is -0.490 e. The van der Waals surface area contributed by atoms with Crippen molar-refractivity contribution in [3.05, 3.63) is 46.5 Å². The fourth-order valence-electron chi connectivity index (χ4n) is 3.04. The molecule has 1 aliphatic rings. The lowest BCUT2D eigenvalue weighted by Crippen LogP contribution is -2.21. The maximum absolute atomic E-state index is 9.67. The molecule has 1 atom stereocenters. The Morgan fingerprint density at radius 1 is 1.32 bits per heavy atom. The van der Waals surface area contributed by atoms with E-state index in [4.69, 9.17) is 19.9 Å². The molecule has 1 aromatic heterocycles. The van der Waals surface area contributed by atoms with Crippen molar-refractivity contribution in [2.24, 2.45) is 5.73 Å². The van der Waals surface area contributed by atoms with Crippen molar-refractivity contribution in [1.82, 2.24) is 10.2 Å². The van der Waals surface area contributed by atoms with Gasteiger partial charge in [-0.15, -0.1) is 5.10 Å². The number of para-hydroxylation sites is 1. The van der Waals surface area contributed by atoms with Crippen molar-refractivity contribution in [2.75, 3.05) is 13.2 Å². The van der Waals surface area contributed by atoms with Gasteiger partial charge < -0.3 is 19.9 Å². The molecule has 25 heavy (non-hydrogen) atoms. The van der Waals surface area contributed by atoms with E-state index in [2.05, 4.69) is 16.3 Å². The number of hydrogen-bond donors (Lipinski definition) is 2. The largest absolute Gasteiger partial charge is 0.490 e. The summed E-state index contributed by atoms with van der Waals surface area (Å²) in [5.41, 5.74) is 8.68. The summed E-state index contributed by atoms with van der Waals surface area (Å²) in [6.07, 6.45) is 0. The Labute approximate surface area is 146 Å². The van der Waals surface area contributed by atoms with Gasteiger partial charge >= 0.3 is 0 Å². The van der Waals surface area contributed by atoms with Gasteiger partial charge in [0.2, 0.25) is 11.8 Å². The summed E-state index contributed by atoms with van der Waals surface area (Å²) in [5.74, 6) is 1.23. The molecule has 1 aromatic carbocycles. The van der Waals surface area contributed by atoms with Gasteiger partial charge in [-0.1, -0.05) is 12.1 Å². The topological polar surface area (TPSA) is 106 Å². The zero-order chi connectivity index (χ0) is 18.0. The predicted octanol–water partition coefficient (Wildman–Crippen LogP) is 2.73. The highest BCUT2D eigenvalue weighted by molar-refractivity contribution is 5.60. The van der Waals surface area contributed by atoms with E-state index in [0.717, 1.165) is 16.8 Å². The van der Waals surface area contributed by atoms with Crippen LogP contribution in [0.3, 0.4) is 0 Å². The number of nitrogens with zero attached hydrogens (tertiary/aromatic N) is 2. The maximum atomic E-state index is 9.67. The second kappa shape index (κ2) is 6.77. The molecule has 0 radical (unpaired) electrons. The molecule has 0 saturated carbocycles. The van der Waals surface area contributed by atoms with Gasteiger partial charge in [0.1, 0.15) is 11.6 Å². The van der Waals surface area contributed by atoms with Crippen LogP contribution in [0.1, 0.15) is 36.6 Å². The Hall–Kier alpha value is -3.14. The molecular formula is C18H20N4O3. The molecule has 130 valence electrons. The zero-order valence-electron chi connectivity index (χ0n) is 14.4. The van der Waals surface area contributed by atoms with Crippen molar-refractivity contribution in [1.29, 1.82) is 5.26 Å². The van der Waals surface area contributed by atoms with E-state index in [1.807, 2.05) is 39.0 Å². The summed E-state index contributed by atoms with van der Waals surface area (Å²) in [6.45, 7) is 6.68. The van der Waals surface area contributed by atoms with Crippen molar-refractivity contribution >= 4 is 0 Å². The number of hydrogen-bond acceptors (Lipinski definition) is 6. The number of fused-ring (bicyclic) bond motifs is 1. The number of H-pyrrole nitrogens is 1. The first kappa shape index (κ1) is 16.7. The SMILES string of the molecule is CCOc1cccc([C@H]2C(C#N)=C(N)Oc3n[nH]c(C)c32)c1OCC. The van der Waals surface area contributed by atoms with Gasteiger partial charge in [-0.3, -0.25) is 5.10 Å². The summed E-state index contributed by atoms with van der Waals surface area (Å²) < 4.78 is 17.1. The molecule has 0 unspecified atom stereocenters. The fourth-order valence-corrected chi connectivity index (χ4v) is 3.04. The van der Waals surface area contributed by atoms with Crippen molar-refractivity contribution in [3.63, 3.8) is 0 Å². The third-order valence-electron chi connectivity index (χ3n) is 4.04. The third kappa shape index (κ3) is 2.76. The second-order valence-corrected chi connectivity index (χ2v) is 5.53. The lowest BCUT2D eigenvalue weighted by Gasteiger charge is -2.26. The van der Waals surface area contributed by atoms with Crippen LogP contribution in [0.15, 0.2) is 29.7 Å². The van der Waals surface area contributed by atoms with Crippen LogP contribution in [0, 0.1) is 18.3 Å². The van der Waals surface area contributed by atoms with Gasteiger partial charge in [0.05, 0.1) is 19.1 Å². The standard InChI is InChI=1S/C18H20N4O3/c1-4-23-13-8-6-7-11(16(13)24-5-2)15-12(9-19)17(20)25-18-14(15)10(3)21-22-18/h6-8,15H,4-5,20H2,1-3H3,(H,21,22)/t15-/m0/s1. The first-order chi connectivity index (χ1) is 12.1. The number of allylic oxidation sites excluding steroid dienone is 1. The van der Waals surface area contributed by atoms with Crippen LogP contribution in [0.25, 0.3) is 0 Å². The highest BCUT2D eigenvalue weighted by Gasteiger charge is 2.36. The third-order valence-corrected chi connectivity index (χ3v) is 4.04. The van der Waals surface area contributed by atoms with Gasteiger partial charge in [-0.2, -0.15) is 5.26 Å². The number of aromatic amines is 1. The Morgan fingerprint density at radius 3 is 2.76 bits per heavy atom. The monoisotopic (exact) mass is 340 g/mol. The first-order valence-corrected chi connectivity index (χ1v) is 8.13. The van der Waals surface area contributed by atoms with Crippen LogP contribution in [0.4, 0.5) is 0 Å². The van der Waals surface area contributed by atoms with Crippen LogP contribution in [-0.4, -0.2) is 23.4 Å². The molecule has 0 aliphatic carbocycles. The molecule has 2 aromatic rings. The zero-order valence-corrected chi connectivity index (χ0v) is 14.4. The van der Waals surface area contributed by atoms with E-state index < -0.39 is 5.92 Å². The molecule has 0 amide bonds. The normalized spacial score (nSPS) is 16.0. The van der Waals surface area contributed by atoms with Gasteiger partial charge in [0, 0.05) is 16.8 Å². The van der Waals surface area contributed by atoms with Crippen LogP contribution < -0.4 is 19.9 Å². The molecule has 3 rings (SSSR count). The second-order valence-electron chi connectivity index (χ2n) is 5.53. The molecule has 0 bridgehead atoms. The summed E-state index contributed by atoms with van der Waals surface area (Å²) in [7, 11) is 0. The van der Waals surface area contributed by atoms with Crippen LogP contribution in [-0.2, 0) is 0 Å². The molecular weight excluding hydrogens is 320 g/mol.